The van der Waals surface area contributed by atoms with Crippen molar-refractivity contribution in [2.24, 2.45) is 0 Å². The average molecular weight is 579 g/mol. The van der Waals surface area contributed by atoms with E-state index in [1.165, 1.54) is 6.92 Å². The van der Waals surface area contributed by atoms with Crippen LogP contribution in [0.2, 0.25) is 0 Å². The number of rotatable bonds is 7. The molecule has 1 aliphatic heterocycles. The van der Waals surface area contributed by atoms with Gasteiger partial charge in [-0.1, -0.05) is 0 Å². The maximum Gasteiger partial charge on any atom is 0.416 e. The third-order valence-electron chi connectivity index (χ3n) is 7.02. The highest BCUT2D eigenvalue weighted by atomic mass is 32.1. The maximum absolute atomic E-state index is 13.6. The number of alkyl halides is 6. The van der Waals surface area contributed by atoms with Crippen LogP contribution in [0.1, 0.15) is 61.4 Å². The Morgan fingerprint density at radius 1 is 1.03 bits per heavy atom. The molecule has 4 rings (SSSR count). The molecule has 0 bridgehead atoms. The highest BCUT2D eigenvalue weighted by Gasteiger charge is 2.49. The number of hydrogen-bond acceptors (Lipinski definition) is 6. The summed E-state index contributed by atoms with van der Waals surface area (Å²) in [6.07, 6.45) is -7.05. The number of amides is 2. The third kappa shape index (κ3) is 7.09. The molecule has 39 heavy (non-hydrogen) atoms. The van der Waals surface area contributed by atoms with E-state index in [4.69, 9.17) is 4.74 Å². The van der Waals surface area contributed by atoms with Crippen LogP contribution in [0.25, 0.3) is 0 Å². The number of halogens is 6. The summed E-state index contributed by atoms with van der Waals surface area (Å²) in [5.41, 5.74) is -4.00. The SMILES string of the molecule is CC(=O)Nc1nc([C@]2(C(=O)NCc3cc(C(F)(F)F)cc(C(F)(F)F)c3)CCC(NC3CCOCC3)C2)cs1. The van der Waals surface area contributed by atoms with Crippen LogP contribution < -0.4 is 16.0 Å². The minimum Gasteiger partial charge on any atom is -0.381 e. The molecule has 2 aliphatic rings. The van der Waals surface area contributed by atoms with Crippen LogP contribution >= 0.6 is 11.3 Å². The van der Waals surface area contributed by atoms with Gasteiger partial charge in [0, 0.05) is 44.1 Å². The highest BCUT2D eigenvalue weighted by Crippen LogP contribution is 2.43. The molecule has 2 heterocycles. The molecule has 2 atom stereocenters. The Labute approximate surface area is 224 Å². The number of benzene rings is 1. The summed E-state index contributed by atoms with van der Waals surface area (Å²) in [4.78, 5) is 29.6. The molecule has 2 fully saturated rings. The van der Waals surface area contributed by atoms with Gasteiger partial charge in [-0.3, -0.25) is 9.59 Å². The largest absolute Gasteiger partial charge is 0.416 e. The summed E-state index contributed by atoms with van der Waals surface area (Å²) >= 11 is 1.13. The van der Waals surface area contributed by atoms with Crippen LogP contribution in [-0.4, -0.2) is 42.1 Å². The molecule has 1 aromatic carbocycles. The van der Waals surface area contributed by atoms with Crippen molar-refractivity contribution in [3.05, 3.63) is 46.0 Å². The predicted molar refractivity (Wildman–Crippen MR) is 131 cm³/mol. The standard InChI is InChI=1S/C25H28F6N4O3S/c1-14(36)33-22-35-20(13-39-22)23(5-2-19(11-23)34-18-3-6-38-7-4-18)21(37)32-12-15-8-16(24(26,27)28)10-17(9-15)25(29,30)31/h8-10,13,18-19,34H,2-7,11-12H2,1H3,(H,32,37)(H,33,35,36)/t19?,23-/m0/s1. The van der Waals surface area contributed by atoms with E-state index in [9.17, 15) is 35.9 Å². The van der Waals surface area contributed by atoms with Gasteiger partial charge in [0.25, 0.3) is 0 Å². The van der Waals surface area contributed by atoms with Crippen molar-refractivity contribution in [1.29, 1.82) is 0 Å². The van der Waals surface area contributed by atoms with Gasteiger partial charge in [-0.05, 0) is 55.9 Å². The van der Waals surface area contributed by atoms with Gasteiger partial charge in [0.1, 0.15) is 0 Å². The summed E-state index contributed by atoms with van der Waals surface area (Å²) in [5, 5.41) is 10.6. The monoisotopic (exact) mass is 578 g/mol. The Bertz CT molecular complexity index is 1160. The molecule has 7 nitrogen and oxygen atoms in total. The zero-order valence-electron chi connectivity index (χ0n) is 21.0. The van der Waals surface area contributed by atoms with Crippen molar-refractivity contribution < 1.29 is 40.7 Å². The second-order valence-electron chi connectivity index (χ2n) is 9.89. The minimum atomic E-state index is -4.99. The first-order chi connectivity index (χ1) is 18.3. The molecule has 1 saturated heterocycles. The van der Waals surface area contributed by atoms with Gasteiger partial charge in [-0.2, -0.15) is 26.3 Å². The lowest BCUT2D eigenvalue weighted by molar-refractivity contribution is -0.143. The molecule has 3 N–H and O–H groups in total. The van der Waals surface area contributed by atoms with Crippen molar-refractivity contribution in [3.63, 3.8) is 0 Å². The van der Waals surface area contributed by atoms with Crippen LogP contribution in [0.4, 0.5) is 31.5 Å². The normalized spacial score (nSPS) is 22.6. The number of nitrogens with zero attached hydrogens (tertiary/aromatic N) is 1. The summed E-state index contributed by atoms with van der Waals surface area (Å²) in [7, 11) is 0. The fourth-order valence-corrected chi connectivity index (χ4v) is 5.97. The molecular weight excluding hydrogens is 550 g/mol. The first-order valence-electron chi connectivity index (χ1n) is 12.4. The molecule has 1 aromatic heterocycles. The lowest BCUT2D eigenvalue weighted by Gasteiger charge is -2.29. The van der Waals surface area contributed by atoms with Gasteiger partial charge in [-0.15, -0.1) is 11.3 Å². The van der Waals surface area contributed by atoms with E-state index < -0.39 is 41.3 Å². The molecule has 214 valence electrons. The zero-order chi connectivity index (χ0) is 28.4. The van der Waals surface area contributed by atoms with Gasteiger partial charge in [-0.25, -0.2) is 4.98 Å². The Hall–Kier alpha value is -2.71. The smallest absolute Gasteiger partial charge is 0.381 e. The van der Waals surface area contributed by atoms with Crippen molar-refractivity contribution in [3.8, 4) is 0 Å². The van der Waals surface area contributed by atoms with Gasteiger partial charge >= 0.3 is 12.4 Å². The first-order valence-corrected chi connectivity index (χ1v) is 13.3. The van der Waals surface area contributed by atoms with Crippen LogP contribution in [0.15, 0.2) is 23.6 Å². The number of anilines is 1. The quantitative estimate of drug-likeness (QED) is 0.402. The van der Waals surface area contributed by atoms with Crippen LogP contribution in [0.3, 0.4) is 0 Å². The predicted octanol–water partition coefficient (Wildman–Crippen LogP) is 5.01. The zero-order valence-corrected chi connectivity index (χ0v) is 21.8. The lowest BCUT2D eigenvalue weighted by Crippen LogP contribution is -2.46. The van der Waals surface area contributed by atoms with Crippen LogP contribution in [0.5, 0.6) is 0 Å². The molecule has 1 aliphatic carbocycles. The third-order valence-corrected chi connectivity index (χ3v) is 7.78. The molecule has 0 radical (unpaired) electrons. The number of thiazole rings is 1. The fraction of sp³-hybridized carbons (Fsp3) is 0.560. The number of carbonyl (C=O) groups is 2. The molecule has 1 unspecified atom stereocenters. The average Bonchev–Trinajstić information content (AvgIpc) is 3.49. The Morgan fingerprint density at radius 3 is 2.26 bits per heavy atom. The Morgan fingerprint density at radius 2 is 1.67 bits per heavy atom. The Balaban J connectivity index is 1.57. The minimum absolute atomic E-state index is 0.0508. The number of aromatic nitrogens is 1. The van der Waals surface area contributed by atoms with Crippen molar-refractivity contribution in [2.75, 3.05) is 18.5 Å². The molecule has 1 saturated carbocycles. The number of nitrogens with one attached hydrogen (secondary N) is 3. The van der Waals surface area contributed by atoms with E-state index in [1.807, 2.05) is 0 Å². The van der Waals surface area contributed by atoms with E-state index in [0.717, 1.165) is 24.2 Å². The summed E-state index contributed by atoms with van der Waals surface area (Å²) in [6.45, 7) is 2.03. The van der Waals surface area contributed by atoms with Crippen molar-refractivity contribution >= 4 is 28.3 Å². The highest BCUT2D eigenvalue weighted by molar-refractivity contribution is 7.14. The summed E-state index contributed by atoms with van der Waals surface area (Å²) in [6, 6.07) is 1.40. The molecule has 2 amide bonds. The Kier molecular flexibility index (Phi) is 8.57. The van der Waals surface area contributed by atoms with Crippen molar-refractivity contribution in [1.82, 2.24) is 15.6 Å². The van der Waals surface area contributed by atoms with Gasteiger partial charge in [0.15, 0.2) is 5.13 Å². The number of ether oxygens (including phenoxy) is 1. The lowest BCUT2D eigenvalue weighted by atomic mass is 9.81. The van der Waals surface area contributed by atoms with E-state index in [0.29, 0.717) is 55.4 Å². The van der Waals surface area contributed by atoms with E-state index in [-0.39, 0.29) is 29.6 Å². The van der Waals surface area contributed by atoms with E-state index >= 15 is 0 Å². The number of hydrogen-bond donors (Lipinski definition) is 3. The maximum atomic E-state index is 13.6. The summed E-state index contributed by atoms with van der Waals surface area (Å²) in [5.74, 6) is -0.894. The van der Waals surface area contributed by atoms with Gasteiger partial charge in [0.2, 0.25) is 11.8 Å². The van der Waals surface area contributed by atoms with E-state index in [2.05, 4.69) is 20.9 Å². The van der Waals surface area contributed by atoms with Gasteiger partial charge < -0.3 is 20.7 Å². The molecular formula is C25H28F6N4O3S. The van der Waals surface area contributed by atoms with Crippen molar-refractivity contribution in [2.45, 2.75) is 75.4 Å². The molecule has 0 spiro atoms. The van der Waals surface area contributed by atoms with E-state index in [1.54, 1.807) is 5.38 Å². The second-order valence-corrected chi connectivity index (χ2v) is 10.7. The molecule has 14 heteroatoms. The molecule has 2 aromatic rings. The van der Waals surface area contributed by atoms with Gasteiger partial charge in [0.05, 0.1) is 22.2 Å². The number of carbonyl (C=O) groups excluding carboxylic acids is 2. The fourth-order valence-electron chi connectivity index (χ4n) is 5.11. The second kappa shape index (κ2) is 11.4. The first kappa shape index (κ1) is 29.3. The van der Waals surface area contributed by atoms with Crippen LogP contribution in [-0.2, 0) is 38.6 Å². The summed E-state index contributed by atoms with van der Waals surface area (Å²) < 4.78 is 85.1. The van der Waals surface area contributed by atoms with Crippen LogP contribution in [0, 0.1) is 0 Å². The topological polar surface area (TPSA) is 92.4 Å².